The van der Waals surface area contributed by atoms with Crippen molar-refractivity contribution >= 4 is 10.1 Å². The van der Waals surface area contributed by atoms with Crippen molar-refractivity contribution in [3.05, 3.63) is 29.3 Å². The van der Waals surface area contributed by atoms with Crippen LogP contribution in [0.4, 0.5) is 0 Å². The Morgan fingerprint density at radius 2 is 1.34 bits per heavy atom. The van der Waals surface area contributed by atoms with Crippen LogP contribution in [0.2, 0.25) is 0 Å². The van der Waals surface area contributed by atoms with E-state index in [1.807, 2.05) is 19.1 Å². The van der Waals surface area contributed by atoms with Gasteiger partial charge in [-0.3, -0.25) is 0 Å². The maximum atomic E-state index is 11.3. The predicted octanol–water partition coefficient (Wildman–Crippen LogP) is 4.20. The predicted molar refractivity (Wildman–Crippen MR) is 130 cm³/mol. The molecule has 4 nitrogen and oxygen atoms in total. The number of ether oxygens (including phenoxy) is 1. The molecule has 0 saturated heterocycles. The summed E-state index contributed by atoms with van der Waals surface area (Å²) in [6.07, 6.45) is 16.9. The zero-order valence-electron chi connectivity index (χ0n) is 21.2. The van der Waals surface area contributed by atoms with E-state index in [1.165, 1.54) is 81.8 Å². The van der Waals surface area contributed by atoms with E-state index < -0.39 is 22.0 Å². The van der Waals surface area contributed by atoms with Crippen LogP contribution >= 0.6 is 0 Å². The maximum absolute atomic E-state index is 11.3. The Balaban J connectivity index is 0.00000961. The minimum absolute atomic E-state index is 0. The van der Waals surface area contributed by atoms with Crippen molar-refractivity contribution in [2.45, 2.75) is 123 Å². The third kappa shape index (κ3) is 15.0. The molecule has 0 amide bonds. The molecule has 0 saturated carbocycles. The van der Waals surface area contributed by atoms with Gasteiger partial charge in [-0.1, -0.05) is 97.1 Å². The summed E-state index contributed by atoms with van der Waals surface area (Å²) >= 11 is 0. The molecule has 1 rings (SSSR count). The normalized spacial score (nSPS) is 12.4. The van der Waals surface area contributed by atoms with Crippen LogP contribution in [-0.4, -0.2) is 24.8 Å². The first-order valence-corrected chi connectivity index (χ1v) is 14.2. The number of rotatable bonds is 19. The smallest absolute Gasteiger partial charge is 0.748 e. The van der Waals surface area contributed by atoms with Gasteiger partial charge in [0.25, 0.3) is 0 Å². The second-order valence-electron chi connectivity index (χ2n) is 8.80. The quantitative estimate of drug-likeness (QED) is 0.171. The molecular weight excluding hydrogens is 431 g/mol. The first-order valence-electron chi connectivity index (χ1n) is 12.6. The van der Waals surface area contributed by atoms with Gasteiger partial charge in [0.15, 0.2) is 0 Å². The van der Waals surface area contributed by atoms with E-state index in [2.05, 4.69) is 19.9 Å². The van der Waals surface area contributed by atoms with E-state index in [-0.39, 0.29) is 29.6 Å². The summed E-state index contributed by atoms with van der Waals surface area (Å²) in [7, 11) is -4.31. The van der Waals surface area contributed by atoms with Crippen LogP contribution in [0.1, 0.15) is 115 Å². The topological polar surface area (TPSA) is 66.4 Å². The van der Waals surface area contributed by atoms with Crippen LogP contribution in [0.15, 0.2) is 18.2 Å². The Morgan fingerprint density at radius 3 is 1.88 bits per heavy atom. The van der Waals surface area contributed by atoms with Crippen molar-refractivity contribution < 1.29 is 47.3 Å². The molecule has 6 heteroatoms. The number of benzene rings is 1. The molecule has 0 aliphatic carbocycles. The van der Waals surface area contributed by atoms with Gasteiger partial charge in [0.1, 0.15) is 11.9 Å². The van der Waals surface area contributed by atoms with Crippen LogP contribution in [0.25, 0.3) is 0 Å². The van der Waals surface area contributed by atoms with Crippen molar-refractivity contribution in [1.82, 2.24) is 0 Å². The molecule has 0 fully saturated rings. The van der Waals surface area contributed by atoms with E-state index in [0.29, 0.717) is 6.42 Å². The van der Waals surface area contributed by atoms with Crippen LogP contribution < -0.4 is 34.3 Å². The number of hydrogen-bond acceptors (Lipinski definition) is 4. The van der Waals surface area contributed by atoms with Gasteiger partial charge in [-0.2, -0.15) is 0 Å². The summed E-state index contributed by atoms with van der Waals surface area (Å²) in [4.78, 5) is 0. The van der Waals surface area contributed by atoms with Gasteiger partial charge in [-0.15, -0.1) is 0 Å². The molecular formula is C26H45NaO4S. The summed E-state index contributed by atoms with van der Waals surface area (Å²) in [6, 6.07) is 6.14. The Bertz CT molecular complexity index is 691. The SMILES string of the molecule is CCCCCCCCc1cccc(OC(CC)CS(=O)(=O)[O-])c1CCCCCCCC.[Na+]. The van der Waals surface area contributed by atoms with Gasteiger partial charge in [-0.25, -0.2) is 8.42 Å². The van der Waals surface area contributed by atoms with Gasteiger partial charge in [0.05, 0.1) is 15.9 Å². The Kier molecular flexibility index (Phi) is 19.2. The van der Waals surface area contributed by atoms with Crippen molar-refractivity contribution in [3.8, 4) is 5.75 Å². The molecule has 0 aromatic heterocycles. The summed E-state index contributed by atoms with van der Waals surface area (Å²) in [5.41, 5.74) is 2.54. The van der Waals surface area contributed by atoms with Gasteiger partial charge >= 0.3 is 29.6 Å². The molecule has 0 aliphatic heterocycles. The average molecular weight is 477 g/mol. The Hall–Kier alpha value is -0.0700. The van der Waals surface area contributed by atoms with E-state index in [1.54, 1.807) is 0 Å². The second kappa shape index (κ2) is 19.3. The zero-order chi connectivity index (χ0) is 23.0. The molecule has 0 radical (unpaired) electrons. The standard InChI is InChI=1S/C26H46O4S.Na/c1-4-7-9-11-13-15-18-23-19-17-21-26(30-24(6-3)22-31(27,28)29)25(23)20-16-14-12-10-8-5-2;/h17,19,21,24H,4-16,18,20,22H2,1-3H3,(H,27,28,29);/q;+1/p-1. The van der Waals surface area contributed by atoms with E-state index in [4.69, 9.17) is 4.74 Å². The summed E-state index contributed by atoms with van der Waals surface area (Å²) in [5.74, 6) is 0.300. The zero-order valence-corrected chi connectivity index (χ0v) is 24.0. The molecule has 0 spiro atoms. The molecule has 0 aliphatic rings. The largest absolute Gasteiger partial charge is 1.00 e. The minimum Gasteiger partial charge on any atom is -0.748 e. The van der Waals surface area contributed by atoms with Crippen molar-refractivity contribution in [3.63, 3.8) is 0 Å². The molecule has 1 aromatic carbocycles. The average Bonchev–Trinajstić information content (AvgIpc) is 2.72. The van der Waals surface area contributed by atoms with Gasteiger partial charge in [0, 0.05) is 0 Å². The van der Waals surface area contributed by atoms with E-state index in [0.717, 1.165) is 25.0 Å². The monoisotopic (exact) mass is 476 g/mol. The summed E-state index contributed by atoms with van der Waals surface area (Å²) in [6.45, 7) is 6.33. The second-order valence-corrected chi connectivity index (χ2v) is 10.3. The molecule has 0 N–H and O–H groups in total. The van der Waals surface area contributed by atoms with Gasteiger partial charge in [0.2, 0.25) is 0 Å². The molecule has 1 atom stereocenters. The molecule has 1 aromatic rings. The third-order valence-electron chi connectivity index (χ3n) is 5.95. The van der Waals surface area contributed by atoms with E-state index in [9.17, 15) is 13.0 Å². The third-order valence-corrected chi connectivity index (χ3v) is 6.73. The van der Waals surface area contributed by atoms with Crippen LogP contribution in [0.5, 0.6) is 5.75 Å². The van der Waals surface area contributed by atoms with Crippen LogP contribution in [0.3, 0.4) is 0 Å². The molecule has 1 unspecified atom stereocenters. The fraction of sp³-hybridized carbons (Fsp3) is 0.769. The van der Waals surface area contributed by atoms with Gasteiger partial charge in [-0.05, 0) is 49.3 Å². The Morgan fingerprint density at radius 1 is 0.812 bits per heavy atom. The minimum atomic E-state index is -4.31. The first kappa shape index (κ1) is 31.9. The number of hydrogen-bond donors (Lipinski definition) is 0. The molecule has 32 heavy (non-hydrogen) atoms. The van der Waals surface area contributed by atoms with E-state index >= 15 is 0 Å². The van der Waals surface area contributed by atoms with Crippen LogP contribution in [0, 0.1) is 0 Å². The number of aryl methyl sites for hydroxylation is 1. The number of unbranched alkanes of at least 4 members (excludes halogenated alkanes) is 10. The maximum Gasteiger partial charge on any atom is 1.00 e. The fourth-order valence-corrected chi connectivity index (χ4v) is 4.82. The molecule has 0 bridgehead atoms. The van der Waals surface area contributed by atoms with Crippen molar-refractivity contribution in [2.75, 3.05) is 5.75 Å². The summed E-state index contributed by atoms with van der Waals surface area (Å²) < 4.78 is 39.8. The fourth-order valence-electron chi connectivity index (χ4n) is 4.06. The summed E-state index contributed by atoms with van der Waals surface area (Å²) in [5, 5.41) is 0. The van der Waals surface area contributed by atoms with Gasteiger partial charge < -0.3 is 9.29 Å². The molecule has 180 valence electrons. The Labute approximate surface area is 220 Å². The molecule has 0 heterocycles. The van der Waals surface area contributed by atoms with Crippen molar-refractivity contribution in [1.29, 1.82) is 0 Å². The van der Waals surface area contributed by atoms with Crippen LogP contribution in [-0.2, 0) is 23.0 Å². The first-order chi connectivity index (χ1) is 14.9. The van der Waals surface area contributed by atoms with Crippen molar-refractivity contribution in [2.24, 2.45) is 0 Å².